The van der Waals surface area contributed by atoms with Crippen LogP contribution < -0.4 is 10.3 Å². The van der Waals surface area contributed by atoms with E-state index in [4.69, 9.17) is 4.74 Å². The maximum Gasteiger partial charge on any atom is 0.270 e. The molecular formula is C18H14N4O3S. The molecule has 0 aliphatic rings. The van der Waals surface area contributed by atoms with E-state index in [-0.39, 0.29) is 17.0 Å². The van der Waals surface area contributed by atoms with Gasteiger partial charge in [0.1, 0.15) is 23.1 Å². The molecule has 0 aliphatic heterocycles. The lowest BCUT2D eigenvalue weighted by molar-refractivity contribution is 0.398. The van der Waals surface area contributed by atoms with E-state index in [9.17, 15) is 15.2 Å². The van der Waals surface area contributed by atoms with E-state index in [0.717, 1.165) is 11.1 Å². The molecule has 7 nitrogen and oxygen atoms in total. The number of hydrogen-bond acceptors (Lipinski definition) is 7. The molecule has 0 radical (unpaired) electrons. The average molecular weight is 366 g/mol. The van der Waals surface area contributed by atoms with Crippen molar-refractivity contribution in [1.82, 2.24) is 15.0 Å². The molecule has 8 heteroatoms. The lowest BCUT2D eigenvalue weighted by Crippen LogP contribution is -2.14. The van der Waals surface area contributed by atoms with Gasteiger partial charge in [0.05, 0.1) is 7.11 Å². The summed E-state index contributed by atoms with van der Waals surface area (Å²) in [6.45, 7) is 0. The van der Waals surface area contributed by atoms with Crippen molar-refractivity contribution in [3.63, 3.8) is 0 Å². The molecule has 26 heavy (non-hydrogen) atoms. The Morgan fingerprint density at radius 1 is 1.27 bits per heavy atom. The molecule has 0 unspecified atom stereocenters. The number of methoxy groups -OCH3 is 1. The highest BCUT2D eigenvalue weighted by molar-refractivity contribution is 7.98. The van der Waals surface area contributed by atoms with Crippen molar-refractivity contribution in [2.45, 2.75) is 5.16 Å². The largest absolute Gasteiger partial charge is 0.507 e. The van der Waals surface area contributed by atoms with Gasteiger partial charge in [-0.15, -0.1) is 0 Å². The van der Waals surface area contributed by atoms with Gasteiger partial charge in [-0.05, 0) is 30.0 Å². The third kappa shape index (κ3) is 3.25. The van der Waals surface area contributed by atoms with Crippen LogP contribution in [0.3, 0.4) is 0 Å². The number of thioether (sulfide) groups is 1. The predicted molar refractivity (Wildman–Crippen MR) is 98.2 cm³/mol. The summed E-state index contributed by atoms with van der Waals surface area (Å²) in [6, 6.07) is 10.3. The Bertz CT molecular complexity index is 1060. The molecule has 2 heterocycles. The Morgan fingerprint density at radius 2 is 2.04 bits per heavy atom. The quantitative estimate of drug-likeness (QED) is 0.539. The van der Waals surface area contributed by atoms with Crippen LogP contribution in [0.25, 0.3) is 22.4 Å². The van der Waals surface area contributed by atoms with Crippen LogP contribution in [-0.4, -0.2) is 33.4 Å². The van der Waals surface area contributed by atoms with Crippen molar-refractivity contribution in [3.8, 4) is 40.1 Å². The van der Waals surface area contributed by atoms with Gasteiger partial charge in [0.2, 0.25) is 5.88 Å². The molecule has 0 aliphatic carbocycles. The van der Waals surface area contributed by atoms with Crippen LogP contribution >= 0.6 is 11.8 Å². The van der Waals surface area contributed by atoms with Crippen LogP contribution in [0.4, 0.5) is 0 Å². The SMILES string of the molecule is COc1ccc(-c2ccc(O)c(-c3nc(SC)[nH]c(=O)c3C#N)c2)cn1. The highest BCUT2D eigenvalue weighted by Gasteiger charge is 2.17. The zero-order chi connectivity index (χ0) is 18.7. The zero-order valence-corrected chi connectivity index (χ0v) is 14.8. The summed E-state index contributed by atoms with van der Waals surface area (Å²) in [5.41, 5.74) is 1.30. The summed E-state index contributed by atoms with van der Waals surface area (Å²) in [5.74, 6) is 0.414. The van der Waals surface area contributed by atoms with Crippen LogP contribution in [-0.2, 0) is 0 Å². The number of H-pyrrole nitrogens is 1. The lowest BCUT2D eigenvalue weighted by atomic mass is 10.00. The highest BCUT2D eigenvalue weighted by Crippen LogP contribution is 2.34. The number of aromatic nitrogens is 3. The number of nitrogens with one attached hydrogen (secondary N) is 1. The van der Waals surface area contributed by atoms with E-state index >= 15 is 0 Å². The molecule has 1 aromatic carbocycles. The number of nitriles is 1. The summed E-state index contributed by atoms with van der Waals surface area (Å²) in [4.78, 5) is 23.1. The van der Waals surface area contributed by atoms with Gasteiger partial charge in [-0.25, -0.2) is 9.97 Å². The first kappa shape index (κ1) is 17.5. The van der Waals surface area contributed by atoms with Gasteiger partial charge in [0, 0.05) is 23.4 Å². The molecule has 2 N–H and O–H groups in total. The lowest BCUT2D eigenvalue weighted by Gasteiger charge is -2.10. The number of nitrogens with zero attached hydrogens (tertiary/aromatic N) is 3. The van der Waals surface area contributed by atoms with E-state index in [1.165, 1.54) is 24.9 Å². The number of aromatic hydroxyl groups is 1. The van der Waals surface area contributed by atoms with Gasteiger partial charge in [0.25, 0.3) is 5.56 Å². The summed E-state index contributed by atoms with van der Waals surface area (Å²) in [7, 11) is 1.53. The van der Waals surface area contributed by atoms with Crippen molar-refractivity contribution < 1.29 is 9.84 Å². The fraction of sp³-hybridized carbons (Fsp3) is 0.111. The third-order valence-corrected chi connectivity index (χ3v) is 4.31. The Morgan fingerprint density at radius 3 is 2.65 bits per heavy atom. The molecule has 0 saturated heterocycles. The number of aromatic amines is 1. The second-order valence-corrected chi connectivity index (χ2v) is 6.03. The van der Waals surface area contributed by atoms with E-state index in [1.54, 1.807) is 30.7 Å². The molecule has 0 bridgehead atoms. The molecule has 0 fully saturated rings. The van der Waals surface area contributed by atoms with Crippen LogP contribution in [0.15, 0.2) is 46.5 Å². The number of hydrogen-bond donors (Lipinski definition) is 2. The van der Waals surface area contributed by atoms with Gasteiger partial charge in [-0.1, -0.05) is 17.8 Å². The molecule has 3 rings (SSSR count). The summed E-state index contributed by atoms with van der Waals surface area (Å²) in [6.07, 6.45) is 3.39. The maximum absolute atomic E-state index is 12.1. The van der Waals surface area contributed by atoms with Gasteiger partial charge in [-0.2, -0.15) is 5.26 Å². The van der Waals surface area contributed by atoms with Gasteiger partial charge < -0.3 is 14.8 Å². The first-order valence-electron chi connectivity index (χ1n) is 7.49. The van der Waals surface area contributed by atoms with Crippen molar-refractivity contribution in [2.24, 2.45) is 0 Å². The third-order valence-electron chi connectivity index (χ3n) is 3.73. The van der Waals surface area contributed by atoms with Crippen LogP contribution in [0, 0.1) is 11.3 Å². The molecule has 130 valence electrons. The first-order valence-corrected chi connectivity index (χ1v) is 8.72. The Kier molecular flexibility index (Phi) is 4.91. The van der Waals surface area contributed by atoms with Crippen LogP contribution in [0.2, 0.25) is 0 Å². The minimum atomic E-state index is -0.544. The smallest absolute Gasteiger partial charge is 0.270 e. The van der Waals surface area contributed by atoms with E-state index < -0.39 is 5.56 Å². The standard InChI is InChI=1S/C18H14N4O3S/c1-25-15-6-4-11(9-20-15)10-3-5-14(23)12(7-10)16-13(8-19)17(24)22-18(21-16)26-2/h3-7,9,23H,1-2H3,(H,21,22,24). The van der Waals surface area contributed by atoms with Crippen molar-refractivity contribution >= 4 is 11.8 Å². The van der Waals surface area contributed by atoms with E-state index in [1.807, 2.05) is 12.1 Å². The molecule has 0 amide bonds. The fourth-order valence-electron chi connectivity index (χ4n) is 2.42. The molecule has 0 spiro atoms. The second kappa shape index (κ2) is 7.29. The van der Waals surface area contributed by atoms with Gasteiger partial charge in [-0.3, -0.25) is 4.79 Å². The zero-order valence-electron chi connectivity index (χ0n) is 14.0. The van der Waals surface area contributed by atoms with Crippen LogP contribution in [0.5, 0.6) is 11.6 Å². The van der Waals surface area contributed by atoms with Crippen molar-refractivity contribution in [2.75, 3.05) is 13.4 Å². The topological polar surface area (TPSA) is 112 Å². The number of phenolic OH excluding ortho intramolecular Hbond substituents is 1. The number of phenols is 1. The summed E-state index contributed by atoms with van der Waals surface area (Å²) in [5, 5.41) is 20.0. The minimum Gasteiger partial charge on any atom is -0.507 e. The molecule has 3 aromatic rings. The molecule has 0 atom stereocenters. The summed E-state index contributed by atoms with van der Waals surface area (Å²) >= 11 is 1.24. The Labute approximate surface area is 153 Å². The maximum atomic E-state index is 12.1. The molecular weight excluding hydrogens is 352 g/mol. The number of benzene rings is 1. The first-order chi connectivity index (χ1) is 12.6. The fourth-order valence-corrected chi connectivity index (χ4v) is 2.80. The molecule has 0 saturated carbocycles. The normalized spacial score (nSPS) is 10.3. The second-order valence-electron chi connectivity index (χ2n) is 5.23. The van der Waals surface area contributed by atoms with Gasteiger partial charge in [0.15, 0.2) is 5.16 Å². The number of rotatable bonds is 4. The number of pyridine rings is 1. The average Bonchev–Trinajstić information content (AvgIpc) is 2.67. The number of ether oxygens (including phenoxy) is 1. The predicted octanol–water partition coefficient (Wildman–Crippen LogP) is 2.81. The Hall–Kier alpha value is -3.31. The minimum absolute atomic E-state index is 0.0723. The Balaban J connectivity index is 2.19. The van der Waals surface area contributed by atoms with Crippen molar-refractivity contribution in [1.29, 1.82) is 5.26 Å². The van der Waals surface area contributed by atoms with E-state index in [0.29, 0.717) is 16.6 Å². The molecule has 2 aromatic heterocycles. The monoisotopic (exact) mass is 366 g/mol. The van der Waals surface area contributed by atoms with Gasteiger partial charge >= 0.3 is 0 Å². The van der Waals surface area contributed by atoms with Crippen LogP contribution in [0.1, 0.15) is 5.56 Å². The van der Waals surface area contributed by atoms with Crippen molar-refractivity contribution in [3.05, 3.63) is 52.4 Å². The highest BCUT2D eigenvalue weighted by atomic mass is 32.2. The van der Waals surface area contributed by atoms with E-state index in [2.05, 4.69) is 15.0 Å². The summed E-state index contributed by atoms with van der Waals surface area (Å²) < 4.78 is 5.05.